The van der Waals surface area contributed by atoms with Crippen molar-refractivity contribution in [3.05, 3.63) is 64.1 Å². The summed E-state index contributed by atoms with van der Waals surface area (Å²) in [6.45, 7) is 5.02. The first-order chi connectivity index (χ1) is 16.0. The maximum absolute atomic E-state index is 12.5. The molecule has 0 saturated carbocycles. The van der Waals surface area contributed by atoms with Gasteiger partial charge in [0.2, 0.25) is 0 Å². The molecule has 2 aromatic rings. The molecule has 0 bridgehead atoms. The van der Waals surface area contributed by atoms with Crippen LogP contribution < -0.4 is 4.74 Å². The summed E-state index contributed by atoms with van der Waals surface area (Å²) in [6.07, 6.45) is 4.43. The van der Waals surface area contributed by atoms with Gasteiger partial charge in [-0.1, -0.05) is 53.5 Å². The number of esters is 1. The molecule has 0 amide bonds. The van der Waals surface area contributed by atoms with Crippen LogP contribution in [0.2, 0.25) is 10.0 Å². The number of hydrogen-bond donors (Lipinski definition) is 0. The van der Waals surface area contributed by atoms with Crippen LogP contribution in [0.1, 0.15) is 37.3 Å². The Morgan fingerprint density at radius 3 is 2.30 bits per heavy atom. The zero-order valence-electron chi connectivity index (χ0n) is 19.1. The average Bonchev–Trinajstić information content (AvgIpc) is 2.84. The van der Waals surface area contributed by atoms with E-state index >= 15 is 0 Å². The van der Waals surface area contributed by atoms with Gasteiger partial charge >= 0.3 is 5.97 Å². The summed E-state index contributed by atoms with van der Waals surface area (Å²) in [5.41, 5.74) is 1.01. The van der Waals surface area contributed by atoms with Gasteiger partial charge in [-0.25, -0.2) is 4.79 Å². The van der Waals surface area contributed by atoms with E-state index in [0.717, 1.165) is 69.7 Å². The second kappa shape index (κ2) is 11.6. The summed E-state index contributed by atoms with van der Waals surface area (Å²) in [6, 6.07) is 15.1. The van der Waals surface area contributed by atoms with Crippen molar-refractivity contribution in [2.24, 2.45) is 5.92 Å². The molecule has 4 rings (SSSR count). The van der Waals surface area contributed by atoms with Crippen molar-refractivity contribution in [3.63, 3.8) is 0 Å². The van der Waals surface area contributed by atoms with Crippen LogP contribution in [0.5, 0.6) is 5.75 Å². The van der Waals surface area contributed by atoms with Gasteiger partial charge in [-0.2, -0.15) is 0 Å². The molecular weight excluding hydrogens is 459 g/mol. The van der Waals surface area contributed by atoms with Crippen LogP contribution in [0, 0.1) is 5.92 Å². The normalized spacial score (nSPS) is 19.8. The van der Waals surface area contributed by atoms with E-state index in [0.29, 0.717) is 16.0 Å². The molecule has 1 unspecified atom stereocenters. The number of ether oxygens (including phenoxy) is 2. The smallest absolute Gasteiger partial charge is 0.327 e. The Hall–Kier alpha value is -1.79. The minimum atomic E-state index is -0.314. The van der Waals surface area contributed by atoms with Gasteiger partial charge in [0.1, 0.15) is 17.9 Å². The second-order valence-electron chi connectivity index (χ2n) is 9.01. The van der Waals surface area contributed by atoms with E-state index < -0.39 is 0 Å². The first-order valence-electron chi connectivity index (χ1n) is 11.7. The van der Waals surface area contributed by atoms with E-state index in [2.05, 4.69) is 9.80 Å². The van der Waals surface area contributed by atoms with Crippen LogP contribution in [0.25, 0.3) is 0 Å². The van der Waals surface area contributed by atoms with Gasteiger partial charge in [-0.05, 0) is 62.4 Å². The number of carbonyl (C=O) groups excluding carboxylic acids is 1. The third-order valence-corrected chi connectivity index (χ3v) is 7.54. The Kier molecular flexibility index (Phi) is 8.53. The Labute approximate surface area is 206 Å². The summed E-state index contributed by atoms with van der Waals surface area (Å²) in [7, 11) is 1.47. The summed E-state index contributed by atoms with van der Waals surface area (Å²) in [4.78, 5) is 17.3. The zero-order valence-corrected chi connectivity index (χ0v) is 20.6. The molecule has 0 aliphatic carbocycles. The molecule has 0 radical (unpaired) electrons. The quantitative estimate of drug-likeness (QED) is 0.481. The van der Waals surface area contributed by atoms with Crippen molar-refractivity contribution in [2.75, 3.05) is 39.8 Å². The van der Waals surface area contributed by atoms with Crippen molar-refractivity contribution < 1.29 is 14.3 Å². The summed E-state index contributed by atoms with van der Waals surface area (Å²) < 4.78 is 11.2. The van der Waals surface area contributed by atoms with Gasteiger partial charge in [0.25, 0.3) is 0 Å². The van der Waals surface area contributed by atoms with E-state index in [4.69, 9.17) is 32.7 Å². The van der Waals surface area contributed by atoms with Gasteiger partial charge in [0, 0.05) is 25.7 Å². The molecule has 2 saturated heterocycles. The molecule has 2 aliphatic rings. The molecule has 5 nitrogen and oxygen atoms in total. The Bertz CT molecular complexity index is 911. The molecule has 33 heavy (non-hydrogen) atoms. The van der Waals surface area contributed by atoms with Crippen LogP contribution in [0.3, 0.4) is 0 Å². The van der Waals surface area contributed by atoms with E-state index in [9.17, 15) is 4.79 Å². The van der Waals surface area contributed by atoms with Crippen LogP contribution in [-0.2, 0) is 9.53 Å². The highest BCUT2D eigenvalue weighted by Gasteiger charge is 2.32. The Morgan fingerprint density at radius 1 is 0.970 bits per heavy atom. The molecule has 7 heteroatoms. The maximum atomic E-state index is 12.5. The Morgan fingerprint density at radius 2 is 1.67 bits per heavy atom. The lowest BCUT2D eigenvalue weighted by molar-refractivity contribution is -0.148. The standard InChI is InChI=1S/C26H32Cl2N2O3/c1-32-26(31)25(20-5-3-2-4-6-20)30-15-9-19(10-16-30)18-29-13-11-21(12-14-29)33-22-7-8-23(27)24(28)17-22/h2-8,17,19,21,25H,9-16,18H2,1H3. The van der Waals surface area contributed by atoms with Crippen LogP contribution in [0.4, 0.5) is 0 Å². The lowest BCUT2D eigenvalue weighted by Gasteiger charge is -2.39. The fraction of sp³-hybridized carbons (Fsp3) is 0.500. The minimum Gasteiger partial charge on any atom is -0.490 e. The lowest BCUT2D eigenvalue weighted by atomic mass is 9.93. The van der Waals surface area contributed by atoms with Crippen LogP contribution in [-0.4, -0.2) is 61.7 Å². The number of rotatable bonds is 7. The maximum Gasteiger partial charge on any atom is 0.327 e. The number of methoxy groups -OCH3 is 1. The predicted molar refractivity (Wildman–Crippen MR) is 132 cm³/mol. The molecule has 2 aliphatic heterocycles. The molecule has 2 heterocycles. The van der Waals surface area contributed by atoms with E-state index in [-0.39, 0.29) is 18.1 Å². The molecule has 1 atom stereocenters. The highest BCUT2D eigenvalue weighted by Crippen LogP contribution is 2.30. The average molecular weight is 491 g/mol. The summed E-state index contributed by atoms with van der Waals surface area (Å²) in [5.74, 6) is 1.26. The molecule has 0 aromatic heterocycles. The van der Waals surface area contributed by atoms with Crippen LogP contribution in [0.15, 0.2) is 48.5 Å². The Balaban J connectivity index is 1.23. The van der Waals surface area contributed by atoms with Crippen molar-refractivity contribution >= 4 is 29.2 Å². The third-order valence-electron chi connectivity index (χ3n) is 6.80. The van der Waals surface area contributed by atoms with Crippen molar-refractivity contribution in [1.29, 1.82) is 0 Å². The van der Waals surface area contributed by atoms with Crippen LogP contribution >= 0.6 is 23.2 Å². The molecule has 0 spiro atoms. The highest BCUT2D eigenvalue weighted by molar-refractivity contribution is 6.42. The molecular formula is C26H32Cl2N2O3. The fourth-order valence-corrected chi connectivity index (χ4v) is 5.24. The highest BCUT2D eigenvalue weighted by atomic mass is 35.5. The number of halogens is 2. The van der Waals surface area contributed by atoms with Gasteiger partial charge in [-0.3, -0.25) is 4.90 Å². The van der Waals surface area contributed by atoms with Gasteiger partial charge in [-0.15, -0.1) is 0 Å². The first kappa shape index (κ1) is 24.3. The number of benzene rings is 2. The zero-order chi connectivity index (χ0) is 23.2. The van der Waals surface area contributed by atoms with Crippen molar-refractivity contribution in [3.8, 4) is 5.75 Å². The van der Waals surface area contributed by atoms with E-state index in [1.165, 1.54) is 7.11 Å². The number of piperidine rings is 2. The van der Waals surface area contributed by atoms with Gasteiger partial charge < -0.3 is 14.4 Å². The summed E-state index contributed by atoms with van der Waals surface area (Å²) >= 11 is 12.1. The van der Waals surface area contributed by atoms with E-state index in [1.54, 1.807) is 12.1 Å². The lowest BCUT2D eigenvalue weighted by Crippen LogP contribution is -2.45. The SMILES string of the molecule is COC(=O)C(c1ccccc1)N1CCC(CN2CCC(Oc3ccc(Cl)c(Cl)c3)CC2)CC1. The fourth-order valence-electron chi connectivity index (χ4n) is 4.95. The van der Waals surface area contributed by atoms with Gasteiger partial charge in [0.05, 0.1) is 17.2 Å². The number of nitrogens with zero attached hydrogens (tertiary/aromatic N) is 2. The van der Waals surface area contributed by atoms with E-state index in [1.807, 2.05) is 36.4 Å². The summed E-state index contributed by atoms with van der Waals surface area (Å²) in [5, 5.41) is 1.08. The number of hydrogen-bond acceptors (Lipinski definition) is 5. The molecule has 178 valence electrons. The van der Waals surface area contributed by atoms with Crippen molar-refractivity contribution in [2.45, 2.75) is 37.8 Å². The molecule has 2 fully saturated rings. The minimum absolute atomic E-state index is 0.177. The number of likely N-dealkylation sites (tertiary alicyclic amines) is 2. The predicted octanol–water partition coefficient (Wildman–Crippen LogP) is 5.46. The molecule has 2 aromatic carbocycles. The topological polar surface area (TPSA) is 42.0 Å². The first-order valence-corrected chi connectivity index (χ1v) is 12.5. The second-order valence-corrected chi connectivity index (χ2v) is 9.82. The largest absolute Gasteiger partial charge is 0.490 e. The monoisotopic (exact) mass is 490 g/mol. The van der Waals surface area contributed by atoms with Gasteiger partial charge in [0.15, 0.2) is 0 Å². The van der Waals surface area contributed by atoms with Crippen molar-refractivity contribution in [1.82, 2.24) is 9.80 Å². The third kappa shape index (κ3) is 6.42. The molecule has 0 N–H and O–H groups in total. The number of carbonyl (C=O) groups is 1.